The number of nitrogens with one attached hydrogen (secondary N) is 1. The van der Waals surface area contributed by atoms with Crippen molar-refractivity contribution in [2.75, 3.05) is 18.5 Å². The van der Waals surface area contributed by atoms with Crippen LogP contribution in [-0.2, 0) is 11.2 Å². The van der Waals surface area contributed by atoms with Crippen molar-refractivity contribution in [2.24, 2.45) is 0 Å². The maximum absolute atomic E-state index is 5.95. The molecule has 2 rings (SSSR count). The number of anilines is 1. The van der Waals surface area contributed by atoms with Crippen molar-refractivity contribution in [3.05, 3.63) is 17.0 Å². The molecule has 0 aliphatic carbocycles. The summed E-state index contributed by atoms with van der Waals surface area (Å²) in [4.78, 5) is 8.61. The van der Waals surface area contributed by atoms with Gasteiger partial charge >= 0.3 is 0 Å². The molecule has 0 spiro atoms. The fraction of sp³-hybridized carbons (Fsp3) is 0.636. The number of hydrogen-bond acceptors (Lipinski definition) is 4. The molecule has 0 aromatic carbocycles. The third-order valence-corrected chi connectivity index (χ3v) is 2.69. The Hall–Kier alpha value is -0.870. The normalized spacial score (nSPS) is 20.0. The van der Waals surface area contributed by atoms with Crippen LogP contribution < -0.4 is 5.32 Å². The fourth-order valence-corrected chi connectivity index (χ4v) is 1.93. The molecule has 16 heavy (non-hydrogen) atoms. The Balaban J connectivity index is 2.06. The summed E-state index contributed by atoms with van der Waals surface area (Å²) in [7, 11) is 0. The first-order valence-corrected chi connectivity index (χ1v) is 6.03. The van der Waals surface area contributed by atoms with Gasteiger partial charge in [0.2, 0.25) is 0 Å². The zero-order chi connectivity index (χ0) is 11.4. The maximum Gasteiger partial charge on any atom is 0.134 e. The van der Waals surface area contributed by atoms with E-state index in [0.29, 0.717) is 11.2 Å². The molecule has 2 heterocycles. The number of ether oxygens (including phenoxy) is 1. The van der Waals surface area contributed by atoms with E-state index in [-0.39, 0.29) is 0 Å². The van der Waals surface area contributed by atoms with Crippen LogP contribution in [0.25, 0.3) is 0 Å². The van der Waals surface area contributed by atoms with E-state index < -0.39 is 0 Å². The van der Waals surface area contributed by atoms with Crippen molar-refractivity contribution in [3.8, 4) is 0 Å². The molecule has 1 aliphatic rings. The minimum atomic E-state index is 0.348. The molecule has 1 saturated heterocycles. The second kappa shape index (κ2) is 5.46. The highest BCUT2D eigenvalue weighted by molar-refractivity contribution is 6.29. The van der Waals surface area contributed by atoms with Gasteiger partial charge in [-0.2, -0.15) is 0 Å². The van der Waals surface area contributed by atoms with Crippen LogP contribution in [0.1, 0.15) is 25.6 Å². The summed E-state index contributed by atoms with van der Waals surface area (Å²) in [6.45, 7) is 3.66. The van der Waals surface area contributed by atoms with E-state index in [1.807, 2.05) is 0 Å². The van der Waals surface area contributed by atoms with Gasteiger partial charge in [-0.25, -0.2) is 9.97 Å². The maximum atomic E-state index is 5.95. The van der Waals surface area contributed by atoms with Crippen LogP contribution in [0.4, 0.5) is 5.82 Å². The van der Waals surface area contributed by atoms with Crippen LogP contribution in [0.3, 0.4) is 0 Å². The molecule has 1 N–H and O–H groups in total. The Morgan fingerprint density at radius 1 is 1.56 bits per heavy atom. The molecule has 0 radical (unpaired) electrons. The molecular formula is C11H16ClN3O. The zero-order valence-electron chi connectivity index (χ0n) is 9.37. The van der Waals surface area contributed by atoms with Crippen LogP contribution in [0.5, 0.6) is 0 Å². The molecular weight excluding hydrogens is 226 g/mol. The lowest BCUT2D eigenvalue weighted by atomic mass is 10.2. The Kier molecular flexibility index (Phi) is 3.96. The predicted molar refractivity (Wildman–Crippen MR) is 63.9 cm³/mol. The lowest BCUT2D eigenvalue weighted by Crippen LogP contribution is -2.20. The Morgan fingerprint density at radius 2 is 2.44 bits per heavy atom. The number of hydrogen-bond donors (Lipinski definition) is 1. The third kappa shape index (κ3) is 3.06. The van der Waals surface area contributed by atoms with Gasteiger partial charge in [-0.1, -0.05) is 18.5 Å². The number of nitrogens with zero attached hydrogens (tertiary/aromatic N) is 2. The first kappa shape index (κ1) is 11.6. The average molecular weight is 242 g/mol. The Morgan fingerprint density at radius 3 is 3.12 bits per heavy atom. The molecule has 1 aliphatic heterocycles. The van der Waals surface area contributed by atoms with Crippen molar-refractivity contribution < 1.29 is 4.74 Å². The largest absolute Gasteiger partial charge is 0.379 e. The summed E-state index contributed by atoms with van der Waals surface area (Å²) in [5.74, 6) is 1.61. The van der Waals surface area contributed by atoms with Crippen molar-refractivity contribution in [1.29, 1.82) is 0 Å². The summed E-state index contributed by atoms with van der Waals surface area (Å²) >= 11 is 5.95. The molecule has 5 heteroatoms. The molecule has 1 unspecified atom stereocenters. The minimum absolute atomic E-state index is 0.348. The van der Waals surface area contributed by atoms with E-state index in [2.05, 4.69) is 22.2 Å². The number of aromatic nitrogens is 2. The zero-order valence-corrected chi connectivity index (χ0v) is 10.1. The van der Waals surface area contributed by atoms with E-state index in [4.69, 9.17) is 16.3 Å². The van der Waals surface area contributed by atoms with E-state index in [9.17, 15) is 0 Å². The molecule has 0 saturated carbocycles. The highest BCUT2D eigenvalue weighted by Gasteiger charge is 2.16. The van der Waals surface area contributed by atoms with Crippen molar-refractivity contribution in [2.45, 2.75) is 32.2 Å². The van der Waals surface area contributed by atoms with Crippen LogP contribution in [-0.4, -0.2) is 29.2 Å². The van der Waals surface area contributed by atoms with E-state index >= 15 is 0 Å². The summed E-state index contributed by atoms with van der Waals surface area (Å²) in [5.41, 5.74) is 0. The van der Waals surface area contributed by atoms with Crippen LogP contribution >= 0.6 is 11.6 Å². The minimum Gasteiger partial charge on any atom is -0.379 e. The van der Waals surface area contributed by atoms with Gasteiger partial charge in [-0.15, -0.1) is 0 Å². The van der Waals surface area contributed by atoms with Gasteiger partial charge in [-0.05, 0) is 12.8 Å². The molecule has 1 aromatic rings. The standard InChI is InChI=1S/C11H16ClN3O/c1-2-3-10-14-9(12)6-11(15-10)13-8-4-5-16-7-8/h6,8H,2-5,7H2,1H3,(H,13,14,15). The number of rotatable bonds is 4. The fourth-order valence-electron chi connectivity index (χ4n) is 1.73. The topological polar surface area (TPSA) is 47.0 Å². The number of halogens is 1. The average Bonchev–Trinajstić information content (AvgIpc) is 2.70. The smallest absolute Gasteiger partial charge is 0.134 e. The van der Waals surface area contributed by atoms with Gasteiger partial charge in [0.1, 0.15) is 16.8 Å². The predicted octanol–water partition coefficient (Wildman–Crippen LogP) is 2.28. The van der Waals surface area contributed by atoms with Crippen molar-refractivity contribution in [1.82, 2.24) is 9.97 Å². The Bertz CT molecular complexity index is 353. The van der Waals surface area contributed by atoms with Crippen molar-refractivity contribution >= 4 is 17.4 Å². The lowest BCUT2D eigenvalue weighted by molar-refractivity contribution is 0.195. The molecule has 1 fully saturated rings. The third-order valence-electron chi connectivity index (χ3n) is 2.50. The first-order chi connectivity index (χ1) is 7.78. The molecule has 1 atom stereocenters. The van der Waals surface area contributed by atoms with Gasteiger partial charge < -0.3 is 10.1 Å². The first-order valence-electron chi connectivity index (χ1n) is 5.65. The van der Waals surface area contributed by atoms with Crippen LogP contribution in [0, 0.1) is 0 Å². The van der Waals surface area contributed by atoms with Gasteiger partial charge in [0.05, 0.1) is 12.6 Å². The quantitative estimate of drug-likeness (QED) is 0.822. The van der Waals surface area contributed by atoms with E-state index in [1.165, 1.54) is 0 Å². The molecule has 1 aromatic heterocycles. The van der Waals surface area contributed by atoms with E-state index in [1.54, 1.807) is 6.07 Å². The molecule has 0 bridgehead atoms. The SMILES string of the molecule is CCCc1nc(Cl)cc(NC2CCOC2)n1. The van der Waals surface area contributed by atoms with Crippen molar-refractivity contribution in [3.63, 3.8) is 0 Å². The van der Waals surface area contributed by atoms with E-state index in [0.717, 1.165) is 44.1 Å². The molecule has 4 nitrogen and oxygen atoms in total. The second-order valence-electron chi connectivity index (χ2n) is 3.95. The summed E-state index contributed by atoms with van der Waals surface area (Å²) in [5, 5.41) is 3.82. The van der Waals surface area contributed by atoms with Gasteiger partial charge in [0.25, 0.3) is 0 Å². The molecule has 88 valence electrons. The Labute approximate surface area is 100 Å². The van der Waals surface area contributed by atoms with Gasteiger partial charge in [0.15, 0.2) is 0 Å². The van der Waals surface area contributed by atoms with Crippen LogP contribution in [0.2, 0.25) is 5.15 Å². The van der Waals surface area contributed by atoms with Crippen LogP contribution in [0.15, 0.2) is 6.07 Å². The highest BCUT2D eigenvalue weighted by Crippen LogP contribution is 2.16. The summed E-state index contributed by atoms with van der Waals surface area (Å²) in [6.07, 6.45) is 2.90. The van der Waals surface area contributed by atoms with Gasteiger partial charge in [0, 0.05) is 19.1 Å². The number of aryl methyl sites for hydroxylation is 1. The lowest BCUT2D eigenvalue weighted by Gasteiger charge is -2.12. The summed E-state index contributed by atoms with van der Waals surface area (Å²) < 4.78 is 5.30. The summed E-state index contributed by atoms with van der Waals surface area (Å²) in [6, 6.07) is 2.11. The highest BCUT2D eigenvalue weighted by atomic mass is 35.5. The molecule has 0 amide bonds. The monoisotopic (exact) mass is 241 g/mol. The van der Waals surface area contributed by atoms with Gasteiger partial charge in [-0.3, -0.25) is 0 Å². The second-order valence-corrected chi connectivity index (χ2v) is 4.33.